The van der Waals surface area contributed by atoms with E-state index >= 15 is 0 Å². The van der Waals surface area contributed by atoms with Crippen molar-refractivity contribution in [3.8, 4) is 0 Å². The number of carbonyl (C=O) groups is 2. The van der Waals surface area contributed by atoms with Crippen LogP contribution in [0.1, 0.15) is 51.9 Å². The number of carboxylic acids is 1. The number of urea groups is 1. The number of hydrogen-bond acceptors (Lipinski definition) is 3. The van der Waals surface area contributed by atoms with Crippen molar-refractivity contribution in [2.75, 3.05) is 12.0 Å². The zero-order valence-electron chi connectivity index (χ0n) is 12.4. The zero-order chi connectivity index (χ0) is 15.0. The molecule has 116 valence electrons. The first kappa shape index (κ1) is 17.1. The first-order valence-electron chi connectivity index (χ1n) is 7.31. The van der Waals surface area contributed by atoms with Crippen LogP contribution in [-0.4, -0.2) is 40.7 Å². The Morgan fingerprint density at radius 1 is 1.30 bits per heavy atom. The van der Waals surface area contributed by atoms with Gasteiger partial charge in [0.25, 0.3) is 0 Å². The van der Waals surface area contributed by atoms with Crippen molar-refractivity contribution in [3.63, 3.8) is 0 Å². The van der Waals surface area contributed by atoms with E-state index in [1.807, 2.05) is 13.2 Å². The van der Waals surface area contributed by atoms with Gasteiger partial charge >= 0.3 is 12.0 Å². The standard InChI is InChI=1S/C14H26N2O3S/c1-3-11(10-20-2)15-13(19)16-14(9-12(17)18)7-5-4-6-8-14/h11H,3-10H2,1-2H3,(H,17,18)(H2,15,16,19). The van der Waals surface area contributed by atoms with Gasteiger partial charge in [-0.2, -0.15) is 11.8 Å². The molecule has 0 aromatic carbocycles. The van der Waals surface area contributed by atoms with Crippen LogP contribution in [0.15, 0.2) is 0 Å². The fourth-order valence-electron chi connectivity index (χ4n) is 2.79. The molecule has 1 aliphatic rings. The fourth-order valence-corrected chi connectivity index (χ4v) is 3.51. The number of amides is 2. The molecule has 0 aromatic heterocycles. The van der Waals surface area contributed by atoms with Crippen molar-refractivity contribution in [2.24, 2.45) is 0 Å². The lowest BCUT2D eigenvalue weighted by atomic mass is 9.79. The quantitative estimate of drug-likeness (QED) is 0.675. The molecule has 1 saturated carbocycles. The number of rotatable bonds is 7. The highest BCUT2D eigenvalue weighted by Crippen LogP contribution is 2.31. The minimum absolute atomic E-state index is 0.0136. The molecule has 0 aromatic rings. The molecular formula is C14H26N2O3S. The van der Waals surface area contributed by atoms with Gasteiger partial charge in [-0.15, -0.1) is 0 Å². The Hall–Kier alpha value is -0.910. The highest BCUT2D eigenvalue weighted by molar-refractivity contribution is 7.98. The lowest BCUT2D eigenvalue weighted by molar-refractivity contribution is -0.139. The summed E-state index contributed by atoms with van der Waals surface area (Å²) in [6.07, 6.45) is 7.49. The SMILES string of the molecule is CCC(CSC)NC(=O)NC1(CC(=O)O)CCCCC1. The summed E-state index contributed by atoms with van der Waals surface area (Å²) in [6.45, 7) is 2.04. The topological polar surface area (TPSA) is 78.4 Å². The van der Waals surface area contributed by atoms with Gasteiger partial charge in [-0.05, 0) is 25.5 Å². The summed E-state index contributed by atoms with van der Waals surface area (Å²) in [5, 5.41) is 15.0. The Balaban J connectivity index is 2.59. The molecule has 5 nitrogen and oxygen atoms in total. The van der Waals surface area contributed by atoms with Gasteiger partial charge in [0.05, 0.1) is 12.0 Å². The summed E-state index contributed by atoms with van der Waals surface area (Å²) in [4.78, 5) is 23.2. The molecule has 1 fully saturated rings. The van der Waals surface area contributed by atoms with Crippen molar-refractivity contribution >= 4 is 23.8 Å². The van der Waals surface area contributed by atoms with Gasteiger partial charge in [-0.25, -0.2) is 4.79 Å². The molecule has 2 amide bonds. The molecule has 0 aliphatic heterocycles. The Morgan fingerprint density at radius 3 is 2.45 bits per heavy atom. The Morgan fingerprint density at radius 2 is 1.95 bits per heavy atom. The van der Waals surface area contributed by atoms with Gasteiger partial charge in [0.1, 0.15) is 0 Å². The molecule has 3 N–H and O–H groups in total. The van der Waals surface area contributed by atoms with Gasteiger partial charge in [-0.1, -0.05) is 26.2 Å². The zero-order valence-corrected chi connectivity index (χ0v) is 13.2. The van der Waals surface area contributed by atoms with Crippen LogP contribution < -0.4 is 10.6 Å². The number of nitrogens with one attached hydrogen (secondary N) is 2. The monoisotopic (exact) mass is 302 g/mol. The van der Waals surface area contributed by atoms with Gasteiger partial charge < -0.3 is 15.7 Å². The van der Waals surface area contributed by atoms with Crippen molar-refractivity contribution in [3.05, 3.63) is 0 Å². The average Bonchev–Trinajstić information content (AvgIpc) is 2.37. The van der Waals surface area contributed by atoms with Crippen LogP contribution in [0.5, 0.6) is 0 Å². The van der Waals surface area contributed by atoms with Gasteiger partial charge in [0.15, 0.2) is 0 Å². The van der Waals surface area contributed by atoms with Crippen molar-refractivity contribution in [2.45, 2.75) is 63.5 Å². The van der Waals surface area contributed by atoms with Crippen molar-refractivity contribution < 1.29 is 14.7 Å². The van der Waals surface area contributed by atoms with E-state index in [2.05, 4.69) is 10.6 Å². The molecule has 1 rings (SSSR count). The second-order valence-corrected chi connectivity index (χ2v) is 6.48. The van der Waals surface area contributed by atoms with E-state index in [0.29, 0.717) is 0 Å². The Kier molecular flexibility index (Phi) is 7.19. The van der Waals surface area contributed by atoms with Crippen LogP contribution in [0.25, 0.3) is 0 Å². The maximum absolute atomic E-state index is 12.1. The van der Waals surface area contributed by atoms with Gasteiger partial charge in [-0.3, -0.25) is 4.79 Å². The Labute approximate surface area is 125 Å². The summed E-state index contributed by atoms with van der Waals surface area (Å²) in [7, 11) is 0. The van der Waals surface area contributed by atoms with Crippen LogP contribution in [0.3, 0.4) is 0 Å². The normalized spacial score (nSPS) is 19.1. The summed E-state index contributed by atoms with van der Waals surface area (Å²) in [5.74, 6) is 0.0268. The van der Waals surface area contributed by atoms with Crippen molar-refractivity contribution in [1.82, 2.24) is 10.6 Å². The third kappa shape index (κ3) is 5.61. The largest absolute Gasteiger partial charge is 0.481 e. The second-order valence-electron chi connectivity index (χ2n) is 5.57. The highest BCUT2D eigenvalue weighted by Gasteiger charge is 2.36. The van der Waals surface area contributed by atoms with Crippen LogP contribution in [0, 0.1) is 0 Å². The molecule has 0 spiro atoms. The average molecular weight is 302 g/mol. The lowest BCUT2D eigenvalue weighted by Gasteiger charge is -2.37. The summed E-state index contributed by atoms with van der Waals surface area (Å²) >= 11 is 1.70. The van der Waals surface area contributed by atoms with Crippen molar-refractivity contribution in [1.29, 1.82) is 0 Å². The third-order valence-corrected chi connectivity index (χ3v) is 4.61. The Bertz CT molecular complexity index is 330. The first-order chi connectivity index (χ1) is 9.51. The summed E-state index contributed by atoms with van der Waals surface area (Å²) in [6, 6.07) is -0.0930. The molecule has 0 heterocycles. The van der Waals surface area contributed by atoms with E-state index < -0.39 is 11.5 Å². The van der Waals surface area contributed by atoms with Crippen LogP contribution in [0.4, 0.5) is 4.79 Å². The predicted molar refractivity (Wildman–Crippen MR) is 82.2 cm³/mol. The van der Waals surface area contributed by atoms with E-state index in [4.69, 9.17) is 5.11 Å². The number of thioether (sulfide) groups is 1. The van der Waals surface area contributed by atoms with Crippen LogP contribution in [-0.2, 0) is 4.79 Å². The van der Waals surface area contributed by atoms with Gasteiger partial charge in [0, 0.05) is 11.8 Å². The predicted octanol–water partition coefficient (Wildman–Crippen LogP) is 2.60. The fraction of sp³-hybridized carbons (Fsp3) is 0.857. The van der Waals surface area contributed by atoms with E-state index in [1.165, 1.54) is 0 Å². The minimum Gasteiger partial charge on any atom is -0.481 e. The first-order valence-corrected chi connectivity index (χ1v) is 8.70. The minimum atomic E-state index is -0.844. The van der Waals surface area contributed by atoms with E-state index in [1.54, 1.807) is 11.8 Å². The smallest absolute Gasteiger partial charge is 0.315 e. The van der Waals surface area contributed by atoms with Crippen LogP contribution >= 0.6 is 11.8 Å². The molecule has 20 heavy (non-hydrogen) atoms. The molecule has 1 unspecified atom stereocenters. The van der Waals surface area contributed by atoms with Gasteiger partial charge in [0.2, 0.25) is 0 Å². The summed E-state index contributed by atoms with van der Waals surface area (Å²) < 4.78 is 0. The number of hydrogen-bond donors (Lipinski definition) is 3. The molecular weight excluding hydrogens is 276 g/mol. The number of carbonyl (C=O) groups excluding carboxylic acids is 1. The third-order valence-electron chi connectivity index (χ3n) is 3.87. The molecule has 1 aliphatic carbocycles. The molecule has 0 bridgehead atoms. The van der Waals surface area contributed by atoms with E-state index in [0.717, 1.165) is 44.3 Å². The number of aliphatic carboxylic acids is 1. The van der Waals surface area contributed by atoms with Crippen LogP contribution in [0.2, 0.25) is 0 Å². The maximum atomic E-state index is 12.1. The molecule has 0 radical (unpaired) electrons. The molecule has 6 heteroatoms. The molecule has 0 saturated heterocycles. The van der Waals surface area contributed by atoms with E-state index in [-0.39, 0.29) is 18.5 Å². The molecule has 1 atom stereocenters. The highest BCUT2D eigenvalue weighted by atomic mass is 32.2. The summed E-state index contributed by atoms with van der Waals surface area (Å²) in [5.41, 5.74) is -0.564. The lowest BCUT2D eigenvalue weighted by Crippen LogP contribution is -2.56. The maximum Gasteiger partial charge on any atom is 0.315 e. The second kappa shape index (κ2) is 8.39. The number of carboxylic acid groups (broad SMARTS) is 1. The van der Waals surface area contributed by atoms with E-state index in [9.17, 15) is 9.59 Å².